The van der Waals surface area contributed by atoms with Gasteiger partial charge < -0.3 is 20.4 Å². The Labute approximate surface area is 149 Å². The van der Waals surface area contributed by atoms with Gasteiger partial charge in [-0.2, -0.15) is 0 Å². The Hall–Kier alpha value is -3.26. The highest BCUT2D eigenvalue weighted by Crippen LogP contribution is 2.19. The van der Waals surface area contributed by atoms with Crippen LogP contribution in [-0.2, 0) is 4.74 Å². The van der Waals surface area contributed by atoms with Gasteiger partial charge in [-0.1, -0.05) is 12.1 Å². The highest BCUT2D eigenvalue weighted by Gasteiger charge is 2.21. The largest absolute Gasteiger partial charge is 0.383 e. The Balaban J connectivity index is 1.67. The Morgan fingerprint density at radius 3 is 2.81 bits per heavy atom. The monoisotopic (exact) mass is 350 g/mol. The van der Waals surface area contributed by atoms with Gasteiger partial charge in [-0.3, -0.25) is 10.2 Å². The summed E-state index contributed by atoms with van der Waals surface area (Å²) in [6, 6.07) is 9.14. The molecule has 132 valence electrons. The van der Waals surface area contributed by atoms with Crippen LogP contribution in [0.5, 0.6) is 0 Å². The fourth-order valence-corrected chi connectivity index (χ4v) is 2.94. The van der Waals surface area contributed by atoms with Crippen molar-refractivity contribution in [2.24, 2.45) is 0 Å². The number of benzene rings is 1. The number of H-pyrrole nitrogens is 1. The molecule has 26 heavy (non-hydrogen) atoms. The number of hydrogen-bond acceptors (Lipinski definition) is 6. The molecular weight excluding hydrogens is 332 g/mol. The van der Waals surface area contributed by atoms with Crippen LogP contribution < -0.4 is 5.73 Å². The summed E-state index contributed by atoms with van der Waals surface area (Å²) < 4.78 is 5.28. The molecule has 1 aromatic carbocycles. The lowest BCUT2D eigenvalue weighted by Crippen LogP contribution is -2.40. The fourth-order valence-electron chi connectivity index (χ4n) is 2.94. The lowest BCUT2D eigenvalue weighted by Gasteiger charge is -2.26. The van der Waals surface area contributed by atoms with E-state index in [0.29, 0.717) is 43.3 Å². The van der Waals surface area contributed by atoms with Crippen LogP contribution >= 0.6 is 0 Å². The minimum absolute atomic E-state index is 0.0998. The zero-order valence-electron chi connectivity index (χ0n) is 14.0. The number of rotatable bonds is 3. The van der Waals surface area contributed by atoms with Gasteiger partial charge in [0, 0.05) is 24.8 Å². The first-order chi connectivity index (χ1) is 12.6. The number of carbonyl (C=O) groups is 1. The van der Waals surface area contributed by atoms with Crippen molar-refractivity contribution in [3.63, 3.8) is 0 Å². The Morgan fingerprint density at radius 2 is 2.04 bits per heavy atom. The molecule has 0 unspecified atom stereocenters. The Kier molecular flexibility index (Phi) is 4.10. The van der Waals surface area contributed by atoms with Gasteiger partial charge in [0.05, 0.1) is 29.8 Å². The average molecular weight is 350 g/mol. The number of para-hydroxylation sites is 2. The molecular formula is C18H18N6O2. The zero-order chi connectivity index (χ0) is 18.1. The molecule has 4 rings (SSSR count). The van der Waals surface area contributed by atoms with E-state index in [0.717, 1.165) is 11.0 Å². The molecule has 1 aliphatic heterocycles. The summed E-state index contributed by atoms with van der Waals surface area (Å²) in [5.74, 6) is 0.434. The van der Waals surface area contributed by atoms with E-state index in [1.54, 1.807) is 11.0 Å². The summed E-state index contributed by atoms with van der Waals surface area (Å²) in [5.41, 5.74) is 8.44. The number of anilines is 1. The first kappa shape index (κ1) is 16.2. The summed E-state index contributed by atoms with van der Waals surface area (Å²) in [4.78, 5) is 26.0. The van der Waals surface area contributed by atoms with Crippen LogP contribution in [0.1, 0.15) is 21.7 Å². The van der Waals surface area contributed by atoms with Crippen molar-refractivity contribution in [1.29, 1.82) is 5.41 Å². The van der Waals surface area contributed by atoms with Crippen LogP contribution in [0.15, 0.2) is 36.5 Å². The highest BCUT2D eigenvalue weighted by atomic mass is 16.5. The van der Waals surface area contributed by atoms with Crippen LogP contribution in [-0.4, -0.2) is 57.8 Å². The quantitative estimate of drug-likeness (QED) is 0.617. The van der Waals surface area contributed by atoms with Gasteiger partial charge in [-0.05, 0) is 18.2 Å². The number of nitrogens with one attached hydrogen (secondary N) is 2. The van der Waals surface area contributed by atoms with Crippen molar-refractivity contribution < 1.29 is 9.53 Å². The van der Waals surface area contributed by atoms with Gasteiger partial charge in [-0.25, -0.2) is 9.97 Å². The third-order valence-corrected chi connectivity index (χ3v) is 4.36. The number of nitrogen functional groups attached to an aromatic ring is 1. The third kappa shape index (κ3) is 2.91. The van der Waals surface area contributed by atoms with Crippen molar-refractivity contribution in [1.82, 2.24) is 19.9 Å². The van der Waals surface area contributed by atoms with E-state index in [2.05, 4.69) is 15.0 Å². The van der Waals surface area contributed by atoms with E-state index in [1.807, 2.05) is 24.3 Å². The van der Waals surface area contributed by atoms with Gasteiger partial charge in [-0.15, -0.1) is 0 Å². The average Bonchev–Trinajstić information content (AvgIpc) is 3.12. The molecule has 1 amide bonds. The number of pyridine rings is 1. The molecule has 3 aromatic rings. The number of carbonyl (C=O) groups excluding carboxylic acids is 1. The molecule has 1 saturated heterocycles. The maximum atomic E-state index is 12.7. The molecule has 0 bridgehead atoms. The molecule has 4 N–H and O–H groups in total. The minimum atomic E-state index is -0.139. The number of aromatic amines is 1. The predicted octanol–water partition coefficient (Wildman–Crippen LogP) is 1.43. The molecule has 0 saturated carbocycles. The molecule has 1 fully saturated rings. The van der Waals surface area contributed by atoms with Crippen molar-refractivity contribution >= 4 is 28.5 Å². The second-order valence-electron chi connectivity index (χ2n) is 6.04. The predicted molar refractivity (Wildman–Crippen MR) is 97.4 cm³/mol. The smallest absolute Gasteiger partial charge is 0.255 e. The molecule has 0 radical (unpaired) electrons. The van der Waals surface area contributed by atoms with E-state index >= 15 is 0 Å². The van der Waals surface area contributed by atoms with E-state index in [1.165, 1.54) is 6.20 Å². The second-order valence-corrected chi connectivity index (χ2v) is 6.04. The van der Waals surface area contributed by atoms with Crippen molar-refractivity contribution in [3.05, 3.63) is 53.5 Å². The lowest BCUT2D eigenvalue weighted by atomic mass is 10.1. The normalized spacial score (nSPS) is 14.5. The number of nitrogens with two attached hydrogens (primary N) is 1. The van der Waals surface area contributed by atoms with Crippen LogP contribution in [0.4, 0.5) is 5.82 Å². The van der Waals surface area contributed by atoms with E-state index in [4.69, 9.17) is 15.9 Å². The fraction of sp³-hybridized carbons (Fsp3) is 0.222. The van der Waals surface area contributed by atoms with Crippen molar-refractivity contribution in [2.45, 2.75) is 0 Å². The number of nitrogens with zero attached hydrogens (tertiary/aromatic N) is 3. The maximum Gasteiger partial charge on any atom is 0.255 e. The summed E-state index contributed by atoms with van der Waals surface area (Å²) >= 11 is 0. The van der Waals surface area contributed by atoms with Crippen molar-refractivity contribution in [3.8, 4) is 0 Å². The van der Waals surface area contributed by atoms with Gasteiger partial charge >= 0.3 is 0 Å². The number of imidazole rings is 1. The topological polar surface area (TPSA) is 121 Å². The first-order valence-corrected chi connectivity index (χ1v) is 8.30. The van der Waals surface area contributed by atoms with E-state index in [9.17, 15) is 4.79 Å². The number of morpholine rings is 1. The second kappa shape index (κ2) is 6.57. The van der Waals surface area contributed by atoms with Crippen LogP contribution in [0.3, 0.4) is 0 Å². The van der Waals surface area contributed by atoms with Gasteiger partial charge in [0.15, 0.2) is 5.82 Å². The number of hydrogen-bond donors (Lipinski definition) is 3. The van der Waals surface area contributed by atoms with Crippen LogP contribution in [0, 0.1) is 5.41 Å². The molecule has 8 nitrogen and oxygen atoms in total. The summed E-state index contributed by atoms with van der Waals surface area (Å²) in [6.45, 7) is 2.13. The molecule has 0 aliphatic carbocycles. The summed E-state index contributed by atoms with van der Waals surface area (Å²) in [6.07, 6.45) is 1.45. The SMILES string of the molecule is N=C(c1nc2ccccc2[nH]1)c1cc(C(=O)N2CCOCC2)cnc1N. The van der Waals surface area contributed by atoms with Gasteiger partial charge in [0.1, 0.15) is 11.5 Å². The molecule has 2 aromatic heterocycles. The standard InChI is InChI=1S/C18H18N6O2/c19-15(17-22-13-3-1-2-4-14(13)23-17)12-9-11(10-21-16(12)20)18(25)24-5-7-26-8-6-24/h1-4,9-10,19H,5-8H2,(H2,20,21)(H,22,23). The Bertz CT molecular complexity index is 957. The van der Waals surface area contributed by atoms with Gasteiger partial charge in [0.25, 0.3) is 5.91 Å². The van der Waals surface area contributed by atoms with E-state index in [-0.39, 0.29) is 17.4 Å². The third-order valence-electron chi connectivity index (χ3n) is 4.36. The maximum absolute atomic E-state index is 12.7. The van der Waals surface area contributed by atoms with Crippen LogP contribution in [0.25, 0.3) is 11.0 Å². The molecule has 8 heteroatoms. The molecule has 0 atom stereocenters. The summed E-state index contributed by atoms with van der Waals surface area (Å²) in [7, 11) is 0. The van der Waals surface area contributed by atoms with Crippen LogP contribution in [0.2, 0.25) is 0 Å². The summed E-state index contributed by atoms with van der Waals surface area (Å²) in [5, 5.41) is 8.47. The zero-order valence-corrected chi connectivity index (χ0v) is 14.0. The lowest BCUT2D eigenvalue weighted by molar-refractivity contribution is 0.0302. The van der Waals surface area contributed by atoms with Crippen molar-refractivity contribution in [2.75, 3.05) is 32.0 Å². The molecule has 0 spiro atoms. The number of ether oxygens (including phenoxy) is 1. The van der Waals surface area contributed by atoms with E-state index < -0.39 is 0 Å². The molecule has 3 heterocycles. The Morgan fingerprint density at radius 1 is 1.27 bits per heavy atom. The highest BCUT2D eigenvalue weighted by molar-refractivity contribution is 6.13. The minimum Gasteiger partial charge on any atom is -0.383 e. The number of aromatic nitrogens is 3. The molecule has 1 aliphatic rings. The first-order valence-electron chi connectivity index (χ1n) is 8.30. The number of amides is 1. The number of fused-ring (bicyclic) bond motifs is 1. The van der Waals surface area contributed by atoms with Gasteiger partial charge in [0.2, 0.25) is 0 Å².